The van der Waals surface area contributed by atoms with E-state index in [-0.39, 0.29) is 12.7 Å². The summed E-state index contributed by atoms with van der Waals surface area (Å²) in [6.45, 7) is 1.16. The number of aromatic nitrogens is 1. The van der Waals surface area contributed by atoms with E-state index in [4.69, 9.17) is 9.47 Å². The van der Waals surface area contributed by atoms with Crippen molar-refractivity contribution in [3.63, 3.8) is 0 Å². The predicted molar refractivity (Wildman–Crippen MR) is 114 cm³/mol. The van der Waals surface area contributed by atoms with Crippen LogP contribution in [0.15, 0.2) is 84.9 Å². The summed E-state index contributed by atoms with van der Waals surface area (Å²) in [7, 11) is 0. The lowest BCUT2D eigenvalue weighted by Crippen LogP contribution is -2.30. The maximum absolute atomic E-state index is 13.4. The Morgan fingerprint density at radius 3 is 2.47 bits per heavy atom. The third kappa shape index (κ3) is 3.70. The molecule has 4 aromatic rings. The zero-order valence-electron chi connectivity index (χ0n) is 16.3. The maximum Gasteiger partial charge on any atom is 0.273 e. The fourth-order valence-electron chi connectivity index (χ4n) is 3.61. The third-order valence-electron chi connectivity index (χ3n) is 5.13. The quantitative estimate of drug-likeness (QED) is 0.486. The Labute approximate surface area is 174 Å². The van der Waals surface area contributed by atoms with Gasteiger partial charge in [0.15, 0.2) is 11.5 Å². The first-order chi connectivity index (χ1) is 14.8. The Hall–Kier alpha value is -3.86. The summed E-state index contributed by atoms with van der Waals surface area (Å²) in [4.78, 5) is 19.8. The van der Waals surface area contributed by atoms with Crippen LogP contribution < -0.4 is 9.47 Å². The molecule has 0 bridgehead atoms. The Kier molecular flexibility index (Phi) is 4.77. The number of pyridine rings is 1. The van der Waals surface area contributed by atoms with Crippen LogP contribution in [0.2, 0.25) is 0 Å². The largest absolute Gasteiger partial charge is 0.454 e. The summed E-state index contributed by atoms with van der Waals surface area (Å²) in [6.07, 6.45) is 0. The van der Waals surface area contributed by atoms with Gasteiger partial charge in [-0.15, -0.1) is 0 Å². The summed E-state index contributed by atoms with van der Waals surface area (Å²) in [5.41, 5.74) is 3.29. The summed E-state index contributed by atoms with van der Waals surface area (Å²) < 4.78 is 10.9. The minimum Gasteiger partial charge on any atom is -0.454 e. The van der Waals surface area contributed by atoms with E-state index in [1.165, 1.54) is 0 Å². The second kappa shape index (κ2) is 7.87. The van der Waals surface area contributed by atoms with Gasteiger partial charge in [-0.1, -0.05) is 60.7 Å². The molecule has 2 heterocycles. The van der Waals surface area contributed by atoms with Crippen molar-refractivity contribution in [2.45, 2.75) is 13.1 Å². The molecule has 1 aliphatic rings. The smallest absolute Gasteiger partial charge is 0.273 e. The van der Waals surface area contributed by atoms with Crippen LogP contribution in [0.1, 0.15) is 21.6 Å². The molecule has 148 valence electrons. The fraction of sp³-hybridized carbons (Fsp3) is 0.120. The molecule has 3 aromatic carbocycles. The molecule has 0 aliphatic carbocycles. The Morgan fingerprint density at radius 2 is 1.57 bits per heavy atom. The standard InChI is InChI=1S/C25H20N2O3/c28-25(22-12-11-20-8-4-5-9-21(20)26-22)27(15-18-6-2-1-3-7-18)16-19-10-13-23-24(14-19)30-17-29-23/h1-14H,15-17H2. The number of amides is 1. The number of hydrogen-bond acceptors (Lipinski definition) is 4. The first kappa shape index (κ1) is 18.2. The molecular formula is C25H20N2O3. The molecule has 0 spiro atoms. The van der Waals surface area contributed by atoms with Gasteiger partial charge in [0.05, 0.1) is 5.52 Å². The SMILES string of the molecule is O=C(c1ccc2ccccc2n1)N(Cc1ccccc1)Cc1ccc2c(c1)OCO2. The van der Waals surface area contributed by atoms with Gasteiger partial charge in [-0.05, 0) is 35.4 Å². The summed E-state index contributed by atoms with van der Waals surface area (Å²) in [6, 6.07) is 27.3. The van der Waals surface area contributed by atoms with Crippen molar-refractivity contribution in [1.29, 1.82) is 0 Å². The van der Waals surface area contributed by atoms with E-state index in [0.29, 0.717) is 24.5 Å². The lowest BCUT2D eigenvalue weighted by molar-refractivity contribution is 0.0724. The van der Waals surface area contributed by atoms with Crippen LogP contribution in [-0.4, -0.2) is 22.6 Å². The maximum atomic E-state index is 13.4. The molecule has 5 rings (SSSR count). The average Bonchev–Trinajstić information content (AvgIpc) is 3.26. The number of carbonyl (C=O) groups excluding carboxylic acids is 1. The number of para-hydroxylation sites is 1. The highest BCUT2D eigenvalue weighted by Gasteiger charge is 2.20. The predicted octanol–water partition coefficient (Wildman–Crippen LogP) is 4.81. The number of fused-ring (bicyclic) bond motifs is 2. The van der Waals surface area contributed by atoms with E-state index in [2.05, 4.69) is 4.98 Å². The molecule has 0 saturated heterocycles. The molecule has 0 unspecified atom stereocenters. The molecular weight excluding hydrogens is 376 g/mol. The van der Waals surface area contributed by atoms with Gasteiger partial charge in [0.1, 0.15) is 5.69 Å². The van der Waals surface area contributed by atoms with Crippen molar-refractivity contribution in [3.8, 4) is 11.5 Å². The molecule has 1 amide bonds. The number of carbonyl (C=O) groups is 1. The van der Waals surface area contributed by atoms with Crippen LogP contribution in [0.3, 0.4) is 0 Å². The van der Waals surface area contributed by atoms with Gasteiger partial charge >= 0.3 is 0 Å². The van der Waals surface area contributed by atoms with Gasteiger partial charge in [-0.2, -0.15) is 0 Å². The highest BCUT2D eigenvalue weighted by atomic mass is 16.7. The summed E-state index contributed by atoms with van der Waals surface area (Å²) >= 11 is 0. The van der Waals surface area contributed by atoms with E-state index in [9.17, 15) is 4.79 Å². The van der Waals surface area contributed by atoms with E-state index < -0.39 is 0 Å². The second-order valence-electron chi connectivity index (χ2n) is 7.22. The normalized spacial score (nSPS) is 12.1. The first-order valence-electron chi connectivity index (χ1n) is 9.84. The van der Waals surface area contributed by atoms with Crippen LogP contribution >= 0.6 is 0 Å². The van der Waals surface area contributed by atoms with Crippen LogP contribution in [-0.2, 0) is 13.1 Å². The zero-order chi connectivity index (χ0) is 20.3. The van der Waals surface area contributed by atoms with Crippen molar-refractivity contribution >= 4 is 16.8 Å². The molecule has 0 fully saturated rings. The van der Waals surface area contributed by atoms with Gasteiger partial charge in [0, 0.05) is 18.5 Å². The highest BCUT2D eigenvalue weighted by Crippen LogP contribution is 2.33. The van der Waals surface area contributed by atoms with Gasteiger partial charge < -0.3 is 14.4 Å². The molecule has 0 saturated carbocycles. The van der Waals surface area contributed by atoms with Gasteiger partial charge in [0.2, 0.25) is 6.79 Å². The number of rotatable bonds is 5. The molecule has 5 nitrogen and oxygen atoms in total. The first-order valence-corrected chi connectivity index (χ1v) is 9.84. The van der Waals surface area contributed by atoms with Crippen LogP contribution in [0, 0.1) is 0 Å². The summed E-state index contributed by atoms with van der Waals surface area (Å²) in [5, 5.41) is 1.01. The Balaban J connectivity index is 1.47. The topological polar surface area (TPSA) is 51.7 Å². The molecule has 1 aliphatic heterocycles. The van der Waals surface area contributed by atoms with E-state index in [0.717, 1.165) is 27.8 Å². The molecule has 30 heavy (non-hydrogen) atoms. The molecule has 0 radical (unpaired) electrons. The number of ether oxygens (including phenoxy) is 2. The summed E-state index contributed by atoms with van der Waals surface area (Å²) in [5.74, 6) is 1.33. The van der Waals surface area contributed by atoms with Crippen LogP contribution in [0.25, 0.3) is 10.9 Å². The highest BCUT2D eigenvalue weighted by molar-refractivity contribution is 5.94. The van der Waals surface area contributed by atoms with Crippen molar-refractivity contribution in [2.75, 3.05) is 6.79 Å². The monoisotopic (exact) mass is 396 g/mol. The van der Waals surface area contributed by atoms with Gasteiger partial charge in [-0.3, -0.25) is 4.79 Å². The van der Waals surface area contributed by atoms with Crippen molar-refractivity contribution in [3.05, 3.63) is 102 Å². The average molecular weight is 396 g/mol. The lowest BCUT2D eigenvalue weighted by Gasteiger charge is -2.23. The van der Waals surface area contributed by atoms with Gasteiger partial charge in [-0.25, -0.2) is 4.98 Å². The van der Waals surface area contributed by atoms with Crippen molar-refractivity contribution in [2.24, 2.45) is 0 Å². The molecule has 5 heteroatoms. The zero-order valence-corrected chi connectivity index (χ0v) is 16.3. The minimum atomic E-state index is -0.109. The van der Waals surface area contributed by atoms with Crippen LogP contribution in [0.4, 0.5) is 0 Å². The number of benzene rings is 3. The lowest BCUT2D eigenvalue weighted by atomic mass is 10.1. The van der Waals surface area contributed by atoms with Crippen molar-refractivity contribution < 1.29 is 14.3 Å². The molecule has 0 atom stereocenters. The second-order valence-corrected chi connectivity index (χ2v) is 7.22. The number of hydrogen-bond donors (Lipinski definition) is 0. The van der Waals surface area contributed by atoms with Crippen LogP contribution in [0.5, 0.6) is 11.5 Å². The van der Waals surface area contributed by atoms with E-state index in [1.807, 2.05) is 83.8 Å². The number of nitrogens with zero attached hydrogens (tertiary/aromatic N) is 2. The fourth-order valence-corrected chi connectivity index (χ4v) is 3.61. The molecule has 1 aromatic heterocycles. The third-order valence-corrected chi connectivity index (χ3v) is 5.13. The minimum absolute atomic E-state index is 0.109. The Morgan fingerprint density at radius 1 is 0.800 bits per heavy atom. The Bertz CT molecular complexity index is 1210. The molecule has 0 N–H and O–H groups in total. The van der Waals surface area contributed by atoms with Crippen molar-refractivity contribution in [1.82, 2.24) is 9.88 Å². The van der Waals surface area contributed by atoms with E-state index >= 15 is 0 Å². The van der Waals surface area contributed by atoms with Gasteiger partial charge in [0.25, 0.3) is 5.91 Å². The van der Waals surface area contributed by atoms with E-state index in [1.54, 1.807) is 6.07 Å².